The fourth-order valence-corrected chi connectivity index (χ4v) is 3.21. The molecule has 2 heteroatoms. The van der Waals surface area contributed by atoms with Gasteiger partial charge < -0.3 is 10.1 Å². The average Bonchev–Trinajstić information content (AvgIpc) is 3.21. The zero-order valence-corrected chi connectivity index (χ0v) is 12.0. The molecule has 1 aromatic rings. The first-order valence-corrected chi connectivity index (χ1v) is 7.66. The number of benzene rings is 1. The lowest BCUT2D eigenvalue weighted by molar-refractivity contribution is 0.0807. The van der Waals surface area contributed by atoms with Crippen LogP contribution >= 0.6 is 0 Å². The highest BCUT2D eigenvalue weighted by Crippen LogP contribution is 2.41. The van der Waals surface area contributed by atoms with Crippen LogP contribution in [0.3, 0.4) is 0 Å². The summed E-state index contributed by atoms with van der Waals surface area (Å²) in [6.07, 6.45) is 8.74. The molecule has 2 aliphatic rings. The van der Waals surface area contributed by atoms with Crippen molar-refractivity contribution >= 4 is 0 Å². The molecule has 0 amide bonds. The number of rotatable bonds is 5. The summed E-state index contributed by atoms with van der Waals surface area (Å²) in [7, 11) is 1.85. The van der Waals surface area contributed by atoms with Crippen molar-refractivity contribution in [3.63, 3.8) is 0 Å². The van der Waals surface area contributed by atoms with Gasteiger partial charge in [0.05, 0.1) is 5.60 Å². The van der Waals surface area contributed by atoms with E-state index in [2.05, 4.69) is 29.6 Å². The average molecular weight is 259 g/mol. The molecular weight excluding hydrogens is 234 g/mol. The summed E-state index contributed by atoms with van der Waals surface area (Å²) in [5.74, 6) is 0. The number of nitrogens with one attached hydrogen (secondary N) is 1. The van der Waals surface area contributed by atoms with E-state index in [0.29, 0.717) is 6.04 Å². The number of piperidine rings is 1. The van der Waals surface area contributed by atoms with Crippen LogP contribution in [-0.2, 0) is 17.6 Å². The maximum Gasteiger partial charge on any atom is 0.0721 e. The quantitative estimate of drug-likeness (QED) is 0.877. The predicted molar refractivity (Wildman–Crippen MR) is 78.5 cm³/mol. The summed E-state index contributed by atoms with van der Waals surface area (Å²) in [4.78, 5) is 0. The SMILES string of the molecule is COC1(Cc2cccc(CC3CCCCN3)c2)CC1. The molecule has 0 aromatic heterocycles. The summed E-state index contributed by atoms with van der Waals surface area (Å²) in [5, 5.41) is 3.63. The van der Waals surface area contributed by atoms with E-state index >= 15 is 0 Å². The number of hydrogen-bond donors (Lipinski definition) is 1. The second-order valence-electron chi connectivity index (χ2n) is 6.23. The van der Waals surface area contributed by atoms with Gasteiger partial charge in [0.2, 0.25) is 0 Å². The predicted octanol–water partition coefficient (Wildman–Crippen LogP) is 3.09. The third kappa shape index (κ3) is 3.37. The molecule has 104 valence electrons. The molecule has 1 unspecified atom stereocenters. The zero-order chi connectivity index (χ0) is 13.1. The van der Waals surface area contributed by atoms with Gasteiger partial charge in [-0.3, -0.25) is 0 Å². The van der Waals surface area contributed by atoms with E-state index in [-0.39, 0.29) is 5.60 Å². The van der Waals surface area contributed by atoms with Gasteiger partial charge in [-0.05, 0) is 49.8 Å². The van der Waals surface area contributed by atoms with Gasteiger partial charge in [0.25, 0.3) is 0 Å². The van der Waals surface area contributed by atoms with Crippen LogP contribution in [0.2, 0.25) is 0 Å². The Morgan fingerprint density at radius 2 is 2.11 bits per heavy atom. The molecule has 19 heavy (non-hydrogen) atoms. The summed E-state index contributed by atoms with van der Waals surface area (Å²) < 4.78 is 5.63. The third-order valence-corrected chi connectivity index (χ3v) is 4.65. The molecule has 1 saturated heterocycles. The topological polar surface area (TPSA) is 21.3 Å². The molecule has 1 aromatic carbocycles. The molecule has 0 radical (unpaired) electrons. The first-order valence-electron chi connectivity index (χ1n) is 7.66. The molecule has 1 saturated carbocycles. The summed E-state index contributed by atoms with van der Waals surface area (Å²) in [6, 6.07) is 9.79. The summed E-state index contributed by atoms with van der Waals surface area (Å²) in [6.45, 7) is 1.19. The van der Waals surface area contributed by atoms with Crippen molar-refractivity contribution in [1.82, 2.24) is 5.32 Å². The Hall–Kier alpha value is -0.860. The van der Waals surface area contributed by atoms with E-state index in [0.717, 1.165) is 6.42 Å². The summed E-state index contributed by atoms with van der Waals surface area (Å²) in [5.41, 5.74) is 3.08. The second kappa shape index (κ2) is 5.64. The Morgan fingerprint density at radius 3 is 2.79 bits per heavy atom. The molecule has 1 aliphatic carbocycles. The molecule has 2 fully saturated rings. The van der Waals surface area contributed by atoms with Crippen molar-refractivity contribution in [3.8, 4) is 0 Å². The van der Waals surface area contributed by atoms with E-state index < -0.39 is 0 Å². The fourth-order valence-electron chi connectivity index (χ4n) is 3.21. The molecule has 0 spiro atoms. The van der Waals surface area contributed by atoms with Crippen LogP contribution in [0.15, 0.2) is 24.3 Å². The Morgan fingerprint density at radius 1 is 1.26 bits per heavy atom. The molecule has 3 rings (SSSR count). The lowest BCUT2D eigenvalue weighted by atomic mass is 9.95. The van der Waals surface area contributed by atoms with Crippen LogP contribution in [-0.4, -0.2) is 25.3 Å². The van der Waals surface area contributed by atoms with Gasteiger partial charge in [-0.2, -0.15) is 0 Å². The van der Waals surface area contributed by atoms with Crippen LogP contribution in [0.1, 0.15) is 43.2 Å². The maximum atomic E-state index is 5.63. The zero-order valence-electron chi connectivity index (χ0n) is 12.0. The second-order valence-corrected chi connectivity index (χ2v) is 6.23. The Labute approximate surface area is 116 Å². The summed E-state index contributed by atoms with van der Waals surface area (Å²) >= 11 is 0. The van der Waals surface area contributed by atoms with E-state index in [1.807, 2.05) is 7.11 Å². The van der Waals surface area contributed by atoms with Gasteiger partial charge in [-0.25, -0.2) is 0 Å². The molecule has 1 heterocycles. The standard InChI is InChI=1S/C17H25NO/c1-19-17(8-9-17)13-15-6-4-5-14(11-15)12-16-7-2-3-10-18-16/h4-6,11,16,18H,2-3,7-10,12-13H2,1H3. The highest BCUT2D eigenvalue weighted by atomic mass is 16.5. The van der Waals surface area contributed by atoms with Crippen molar-refractivity contribution in [2.75, 3.05) is 13.7 Å². The van der Waals surface area contributed by atoms with Crippen molar-refractivity contribution in [3.05, 3.63) is 35.4 Å². The molecule has 2 nitrogen and oxygen atoms in total. The monoisotopic (exact) mass is 259 g/mol. The molecule has 1 atom stereocenters. The van der Waals surface area contributed by atoms with Crippen LogP contribution in [0, 0.1) is 0 Å². The largest absolute Gasteiger partial charge is 0.378 e. The highest BCUT2D eigenvalue weighted by molar-refractivity contribution is 5.27. The van der Waals surface area contributed by atoms with E-state index in [1.165, 1.54) is 56.2 Å². The van der Waals surface area contributed by atoms with Crippen LogP contribution in [0.4, 0.5) is 0 Å². The minimum Gasteiger partial charge on any atom is -0.378 e. The molecule has 0 bridgehead atoms. The molecule has 1 aliphatic heterocycles. The number of methoxy groups -OCH3 is 1. The minimum atomic E-state index is 0.168. The normalized spacial score (nSPS) is 25.2. The van der Waals surface area contributed by atoms with E-state index in [4.69, 9.17) is 4.74 Å². The van der Waals surface area contributed by atoms with E-state index in [1.54, 1.807) is 0 Å². The number of hydrogen-bond acceptors (Lipinski definition) is 2. The number of ether oxygens (including phenoxy) is 1. The first kappa shape index (κ1) is 13.1. The fraction of sp³-hybridized carbons (Fsp3) is 0.647. The van der Waals surface area contributed by atoms with Crippen molar-refractivity contribution in [1.29, 1.82) is 0 Å². The Kier molecular flexibility index (Phi) is 3.90. The maximum absolute atomic E-state index is 5.63. The molecule has 1 N–H and O–H groups in total. The Balaban J connectivity index is 1.62. The smallest absolute Gasteiger partial charge is 0.0721 e. The minimum absolute atomic E-state index is 0.168. The van der Waals surface area contributed by atoms with Gasteiger partial charge >= 0.3 is 0 Å². The lowest BCUT2D eigenvalue weighted by Gasteiger charge is -2.23. The van der Waals surface area contributed by atoms with Crippen LogP contribution < -0.4 is 5.32 Å². The van der Waals surface area contributed by atoms with Gasteiger partial charge in [0.15, 0.2) is 0 Å². The van der Waals surface area contributed by atoms with Crippen molar-refractivity contribution in [2.45, 2.75) is 56.6 Å². The van der Waals surface area contributed by atoms with Gasteiger partial charge in [0, 0.05) is 19.6 Å². The van der Waals surface area contributed by atoms with Crippen LogP contribution in [0.25, 0.3) is 0 Å². The van der Waals surface area contributed by atoms with E-state index in [9.17, 15) is 0 Å². The van der Waals surface area contributed by atoms with Gasteiger partial charge in [0.1, 0.15) is 0 Å². The third-order valence-electron chi connectivity index (χ3n) is 4.65. The molecular formula is C17H25NO. The highest BCUT2D eigenvalue weighted by Gasteiger charge is 2.42. The van der Waals surface area contributed by atoms with Gasteiger partial charge in [-0.1, -0.05) is 30.7 Å². The van der Waals surface area contributed by atoms with Crippen molar-refractivity contribution < 1.29 is 4.74 Å². The lowest BCUT2D eigenvalue weighted by Crippen LogP contribution is -2.35. The van der Waals surface area contributed by atoms with Crippen molar-refractivity contribution in [2.24, 2.45) is 0 Å². The van der Waals surface area contributed by atoms with Crippen LogP contribution in [0.5, 0.6) is 0 Å². The van der Waals surface area contributed by atoms with Gasteiger partial charge in [-0.15, -0.1) is 0 Å². The first-order chi connectivity index (χ1) is 9.30. The Bertz CT molecular complexity index is 419.